The topological polar surface area (TPSA) is 78.0 Å². The Morgan fingerprint density at radius 3 is 2.03 bits per heavy atom. The Morgan fingerprint density at radius 2 is 1.39 bits per heavy atom. The van der Waals surface area contributed by atoms with Gasteiger partial charge in [-0.15, -0.1) is 0 Å². The summed E-state index contributed by atoms with van der Waals surface area (Å²) in [6.45, 7) is 3.29. The van der Waals surface area contributed by atoms with Crippen LogP contribution in [0, 0.1) is 6.92 Å². The van der Waals surface area contributed by atoms with Gasteiger partial charge in [0, 0.05) is 48.5 Å². The predicted octanol–water partition coefficient (Wildman–Crippen LogP) is 4.18. The molecule has 0 bridgehead atoms. The third-order valence-electron chi connectivity index (χ3n) is 6.41. The van der Waals surface area contributed by atoms with Crippen molar-refractivity contribution in [2.75, 3.05) is 31.1 Å². The van der Waals surface area contributed by atoms with E-state index in [-0.39, 0.29) is 23.9 Å². The number of fused-ring (bicyclic) bond motifs is 1. The summed E-state index contributed by atoms with van der Waals surface area (Å²) in [4.78, 5) is 30.2. The number of rotatable bonds is 4. The summed E-state index contributed by atoms with van der Waals surface area (Å²) < 4.78 is 27.5. The van der Waals surface area contributed by atoms with Crippen molar-refractivity contribution >= 4 is 44.7 Å². The first-order chi connectivity index (χ1) is 17.3. The maximum absolute atomic E-state index is 13.6. The van der Waals surface area contributed by atoms with E-state index in [2.05, 4.69) is 0 Å². The molecule has 3 aromatic rings. The number of halogens is 1. The van der Waals surface area contributed by atoms with Crippen molar-refractivity contribution in [3.63, 3.8) is 0 Å². The molecule has 0 aromatic heterocycles. The van der Waals surface area contributed by atoms with Crippen molar-refractivity contribution in [3.8, 4) is 0 Å². The van der Waals surface area contributed by atoms with Crippen molar-refractivity contribution < 1.29 is 18.0 Å². The van der Waals surface area contributed by atoms with E-state index in [1.165, 1.54) is 21.3 Å². The molecule has 2 aliphatic heterocycles. The lowest BCUT2D eigenvalue weighted by molar-refractivity contribution is -0.112. The van der Waals surface area contributed by atoms with E-state index in [1.54, 1.807) is 54.7 Å². The Bertz CT molecular complexity index is 1460. The molecule has 1 fully saturated rings. The fraction of sp³-hybridized carbons (Fsp3) is 0.185. The molecule has 0 spiro atoms. The van der Waals surface area contributed by atoms with E-state index in [0.29, 0.717) is 40.5 Å². The molecule has 0 radical (unpaired) electrons. The van der Waals surface area contributed by atoms with Crippen LogP contribution in [0.1, 0.15) is 21.5 Å². The Balaban J connectivity index is 1.41. The van der Waals surface area contributed by atoms with Crippen LogP contribution in [0.5, 0.6) is 0 Å². The monoisotopic (exact) mass is 521 g/mol. The van der Waals surface area contributed by atoms with Gasteiger partial charge in [0.1, 0.15) is 0 Å². The Hall–Kier alpha value is -3.46. The number of nitrogens with zero attached hydrogens (tertiary/aromatic N) is 3. The van der Waals surface area contributed by atoms with Gasteiger partial charge < -0.3 is 4.90 Å². The first-order valence-corrected chi connectivity index (χ1v) is 13.3. The number of hydrogen-bond acceptors (Lipinski definition) is 5. The maximum atomic E-state index is 13.6. The highest BCUT2D eigenvalue weighted by Crippen LogP contribution is 2.33. The lowest BCUT2D eigenvalue weighted by Crippen LogP contribution is -2.47. The lowest BCUT2D eigenvalue weighted by atomic mass is 9.93. The fourth-order valence-corrected chi connectivity index (χ4v) is 5.97. The Labute approximate surface area is 215 Å². The number of sulfonamides is 1. The van der Waals surface area contributed by atoms with Crippen molar-refractivity contribution in [3.05, 3.63) is 101 Å². The molecule has 2 heterocycles. The number of carbonyl (C=O) groups is 2. The van der Waals surface area contributed by atoms with Crippen LogP contribution in [0.2, 0.25) is 5.02 Å². The first-order valence-electron chi connectivity index (χ1n) is 11.5. The van der Waals surface area contributed by atoms with Gasteiger partial charge in [-0.05, 0) is 49.4 Å². The van der Waals surface area contributed by atoms with Crippen molar-refractivity contribution in [2.45, 2.75) is 11.8 Å². The van der Waals surface area contributed by atoms with E-state index in [9.17, 15) is 18.0 Å². The first kappa shape index (κ1) is 24.2. The largest absolute Gasteiger partial charge is 0.374 e. The minimum Gasteiger partial charge on any atom is -0.374 e. The lowest BCUT2D eigenvalue weighted by Gasteiger charge is -2.35. The average molecular weight is 522 g/mol. The van der Waals surface area contributed by atoms with E-state index in [1.807, 2.05) is 24.0 Å². The van der Waals surface area contributed by atoms with Crippen LogP contribution in [0.4, 0.5) is 5.69 Å². The zero-order valence-corrected chi connectivity index (χ0v) is 21.2. The number of hydrogen-bond donors (Lipinski definition) is 0. The van der Waals surface area contributed by atoms with Gasteiger partial charge in [0.05, 0.1) is 16.2 Å². The minimum absolute atomic E-state index is 0.197. The smallest absolute Gasteiger partial charge is 0.267 e. The fourth-order valence-electron chi connectivity index (χ4n) is 4.42. The third kappa shape index (κ3) is 4.43. The summed E-state index contributed by atoms with van der Waals surface area (Å²) in [5, 5.41) is 0.473. The highest BCUT2D eigenvalue weighted by molar-refractivity contribution is 7.89. The summed E-state index contributed by atoms with van der Waals surface area (Å²) in [6, 6.07) is 20.4. The SMILES string of the molecule is Cc1ccc(N2C(=O)C(=CN3CCN(S(=O)(=O)c4ccc(Cl)cc4)CC3)c3ccccc3C2=O)cc1. The van der Waals surface area contributed by atoms with Crippen LogP contribution in [0.25, 0.3) is 5.57 Å². The maximum Gasteiger partial charge on any atom is 0.267 e. The second-order valence-corrected chi connectivity index (χ2v) is 11.1. The second kappa shape index (κ2) is 9.54. The van der Waals surface area contributed by atoms with Gasteiger partial charge in [0.25, 0.3) is 11.8 Å². The van der Waals surface area contributed by atoms with Gasteiger partial charge in [-0.3, -0.25) is 9.59 Å². The van der Waals surface area contributed by atoms with Crippen molar-refractivity contribution in [1.82, 2.24) is 9.21 Å². The average Bonchev–Trinajstić information content (AvgIpc) is 2.88. The van der Waals surface area contributed by atoms with E-state index >= 15 is 0 Å². The van der Waals surface area contributed by atoms with E-state index < -0.39 is 15.9 Å². The number of benzene rings is 3. The highest BCUT2D eigenvalue weighted by atomic mass is 35.5. The number of piperazine rings is 1. The molecule has 7 nitrogen and oxygen atoms in total. The van der Waals surface area contributed by atoms with Crippen LogP contribution in [-0.4, -0.2) is 55.6 Å². The zero-order valence-electron chi connectivity index (χ0n) is 19.6. The van der Waals surface area contributed by atoms with Gasteiger partial charge in [0.15, 0.2) is 0 Å². The summed E-state index contributed by atoms with van der Waals surface area (Å²) in [5.74, 6) is -0.769. The zero-order chi connectivity index (χ0) is 25.4. The van der Waals surface area contributed by atoms with E-state index in [4.69, 9.17) is 11.6 Å². The van der Waals surface area contributed by atoms with Crippen LogP contribution in [0.15, 0.2) is 83.9 Å². The van der Waals surface area contributed by atoms with Crippen LogP contribution in [0.3, 0.4) is 0 Å². The molecular weight excluding hydrogens is 498 g/mol. The summed E-state index contributed by atoms with van der Waals surface area (Å²) >= 11 is 5.90. The van der Waals surface area contributed by atoms with E-state index in [0.717, 1.165) is 5.56 Å². The van der Waals surface area contributed by atoms with Gasteiger partial charge in [-0.1, -0.05) is 47.5 Å². The summed E-state index contributed by atoms with van der Waals surface area (Å²) in [5.41, 5.74) is 2.97. The third-order valence-corrected chi connectivity index (χ3v) is 8.58. The van der Waals surface area contributed by atoms with Crippen LogP contribution >= 0.6 is 11.6 Å². The molecule has 9 heteroatoms. The minimum atomic E-state index is -3.64. The molecule has 1 saturated heterocycles. The molecule has 2 amide bonds. The van der Waals surface area contributed by atoms with Gasteiger partial charge in [0.2, 0.25) is 10.0 Å². The Morgan fingerprint density at radius 1 is 0.778 bits per heavy atom. The van der Waals surface area contributed by atoms with Crippen molar-refractivity contribution in [2.24, 2.45) is 0 Å². The molecule has 0 unspecified atom stereocenters. The molecule has 5 rings (SSSR count). The van der Waals surface area contributed by atoms with Crippen LogP contribution < -0.4 is 4.90 Å². The molecule has 184 valence electrons. The Kier molecular flexibility index (Phi) is 6.42. The highest BCUT2D eigenvalue weighted by Gasteiger charge is 2.36. The molecule has 0 aliphatic carbocycles. The number of carbonyl (C=O) groups excluding carboxylic acids is 2. The molecule has 0 N–H and O–H groups in total. The van der Waals surface area contributed by atoms with Gasteiger partial charge in [-0.2, -0.15) is 4.31 Å². The summed E-state index contributed by atoms with van der Waals surface area (Å²) in [7, 11) is -3.64. The van der Waals surface area contributed by atoms with Gasteiger partial charge in [-0.25, -0.2) is 13.3 Å². The number of imide groups is 1. The second-order valence-electron chi connectivity index (χ2n) is 8.76. The molecule has 0 saturated carbocycles. The number of anilines is 1. The molecule has 0 atom stereocenters. The molecule has 36 heavy (non-hydrogen) atoms. The quantitative estimate of drug-likeness (QED) is 0.380. The van der Waals surface area contributed by atoms with Crippen LogP contribution in [-0.2, 0) is 14.8 Å². The normalized spacial score (nSPS) is 18.0. The van der Waals surface area contributed by atoms with Gasteiger partial charge >= 0.3 is 0 Å². The summed E-state index contributed by atoms with van der Waals surface area (Å²) in [6.07, 6.45) is 1.75. The number of aryl methyl sites for hydroxylation is 1. The molecule has 2 aliphatic rings. The molecule has 3 aromatic carbocycles. The molecular formula is C27H24ClN3O4S. The number of amides is 2. The van der Waals surface area contributed by atoms with Crippen molar-refractivity contribution in [1.29, 1.82) is 0 Å². The predicted molar refractivity (Wildman–Crippen MR) is 139 cm³/mol. The standard InChI is InChI=1S/C27H24ClN3O4S/c1-19-6-10-21(11-7-19)31-26(32)24-5-3-2-4-23(24)25(27(31)33)18-29-14-16-30(17-15-29)36(34,35)22-12-8-20(28)9-13-22/h2-13,18H,14-17H2,1H3.